The Kier molecular flexibility index (Phi) is 6.29. The molecule has 0 fully saturated rings. The predicted octanol–water partition coefficient (Wildman–Crippen LogP) is 15.0. The molecule has 0 radical (unpaired) electrons. The minimum absolute atomic E-state index is 0.667. The molecule has 57 heavy (non-hydrogen) atoms. The summed E-state index contributed by atoms with van der Waals surface area (Å²) in [6.45, 7) is 0. The highest BCUT2D eigenvalue weighted by Crippen LogP contribution is 2.54. The van der Waals surface area contributed by atoms with Gasteiger partial charge in [-0.25, -0.2) is 9.97 Å². The van der Waals surface area contributed by atoms with E-state index in [9.17, 15) is 0 Å². The molecule has 264 valence electrons. The monoisotopic (exact) mass is 743 g/mol. The molecule has 1 aliphatic rings. The number of furan rings is 1. The van der Waals surface area contributed by atoms with Crippen molar-refractivity contribution in [3.05, 3.63) is 176 Å². The van der Waals surface area contributed by atoms with Gasteiger partial charge in [-0.2, -0.15) is 0 Å². The van der Waals surface area contributed by atoms with Crippen LogP contribution in [0.3, 0.4) is 0 Å². The zero-order chi connectivity index (χ0) is 37.2. The lowest BCUT2D eigenvalue weighted by atomic mass is 9.87. The third-order valence-electron chi connectivity index (χ3n) is 11.8. The molecule has 13 rings (SSSR count). The molecule has 4 heterocycles. The Labute approximate surface area is 330 Å². The van der Waals surface area contributed by atoms with E-state index < -0.39 is 0 Å². The van der Waals surface area contributed by atoms with Gasteiger partial charge in [0.1, 0.15) is 16.8 Å². The fourth-order valence-electron chi connectivity index (χ4n) is 9.29. The molecule has 9 aromatic carbocycles. The normalized spacial score (nSPS) is 12.5. The molecule has 0 aliphatic carbocycles. The second-order valence-corrected chi connectivity index (χ2v) is 15.9. The molecule has 0 saturated heterocycles. The van der Waals surface area contributed by atoms with Crippen molar-refractivity contribution in [2.24, 2.45) is 0 Å². The van der Waals surface area contributed by atoms with Crippen molar-refractivity contribution in [2.45, 2.75) is 0 Å². The van der Waals surface area contributed by atoms with E-state index in [0.29, 0.717) is 11.4 Å². The number of fused-ring (bicyclic) bond motifs is 11. The van der Waals surface area contributed by atoms with Crippen LogP contribution in [-0.2, 0) is 0 Å². The van der Waals surface area contributed by atoms with Crippen LogP contribution >= 0.6 is 11.3 Å². The molecule has 0 saturated carbocycles. The summed E-state index contributed by atoms with van der Waals surface area (Å²) in [4.78, 5) is 13.2. The standard InChI is InChI=1S/C52H29N3OS/c1-2-14-33-30(11-1)24-27-43-48(33)40-19-9-12-31-13-10-20-42(47(31)40)55(43)41-28-26-38(34-15-3-4-16-35(34)41)52-53-49(51-50(54-52)39-18-5-7-21-44(39)56-51)32-23-25-37-36-17-6-8-22-45(36)57-46(37)29-32/h1-29H. The van der Waals surface area contributed by atoms with Gasteiger partial charge in [-0.3, -0.25) is 0 Å². The van der Waals surface area contributed by atoms with Gasteiger partial charge in [-0.15, -0.1) is 11.3 Å². The van der Waals surface area contributed by atoms with E-state index in [1.807, 2.05) is 29.5 Å². The highest BCUT2D eigenvalue weighted by atomic mass is 32.1. The maximum atomic E-state index is 6.58. The number of hydrogen-bond donors (Lipinski definition) is 0. The largest absolute Gasteiger partial charge is 0.452 e. The lowest BCUT2D eigenvalue weighted by molar-refractivity contribution is 0.667. The van der Waals surface area contributed by atoms with Gasteiger partial charge < -0.3 is 9.32 Å². The lowest BCUT2D eigenvalue weighted by Crippen LogP contribution is -2.15. The van der Waals surface area contributed by atoms with Crippen molar-refractivity contribution in [1.82, 2.24) is 9.97 Å². The Bertz CT molecular complexity index is 3670. The Morgan fingerprint density at radius 2 is 1.18 bits per heavy atom. The first kappa shape index (κ1) is 30.9. The molecule has 5 heteroatoms. The zero-order valence-corrected chi connectivity index (χ0v) is 31.2. The molecule has 1 aliphatic heterocycles. The van der Waals surface area contributed by atoms with Crippen molar-refractivity contribution in [2.75, 3.05) is 4.90 Å². The number of para-hydroxylation sites is 1. The first-order chi connectivity index (χ1) is 28.3. The zero-order valence-electron chi connectivity index (χ0n) is 30.4. The second-order valence-electron chi connectivity index (χ2n) is 14.9. The summed E-state index contributed by atoms with van der Waals surface area (Å²) in [6.07, 6.45) is 0. The fraction of sp³-hybridized carbons (Fsp3) is 0. The molecular formula is C52H29N3OS. The van der Waals surface area contributed by atoms with Crippen LogP contribution in [0.1, 0.15) is 0 Å². The first-order valence-electron chi connectivity index (χ1n) is 19.2. The Morgan fingerprint density at radius 3 is 2.09 bits per heavy atom. The van der Waals surface area contributed by atoms with Gasteiger partial charge in [0.15, 0.2) is 11.4 Å². The summed E-state index contributed by atoms with van der Waals surface area (Å²) in [6, 6.07) is 63.2. The minimum atomic E-state index is 0.667. The van der Waals surface area contributed by atoms with E-state index >= 15 is 0 Å². The smallest absolute Gasteiger partial charge is 0.180 e. The molecule has 0 bridgehead atoms. The Morgan fingerprint density at radius 1 is 0.456 bits per heavy atom. The molecule has 3 aromatic heterocycles. The highest BCUT2D eigenvalue weighted by Gasteiger charge is 2.29. The summed E-state index contributed by atoms with van der Waals surface area (Å²) in [7, 11) is 0. The fourth-order valence-corrected chi connectivity index (χ4v) is 10.4. The summed E-state index contributed by atoms with van der Waals surface area (Å²) in [5.41, 5.74) is 11.1. The minimum Gasteiger partial charge on any atom is -0.452 e. The highest BCUT2D eigenvalue weighted by molar-refractivity contribution is 7.25. The van der Waals surface area contributed by atoms with E-state index in [4.69, 9.17) is 14.4 Å². The number of thiophene rings is 1. The van der Waals surface area contributed by atoms with Crippen LogP contribution < -0.4 is 4.90 Å². The molecule has 0 N–H and O–H groups in total. The van der Waals surface area contributed by atoms with Crippen LogP contribution in [0.4, 0.5) is 17.1 Å². The van der Waals surface area contributed by atoms with Crippen LogP contribution in [0.15, 0.2) is 180 Å². The van der Waals surface area contributed by atoms with Gasteiger partial charge in [-0.1, -0.05) is 127 Å². The molecule has 12 aromatic rings. The summed E-state index contributed by atoms with van der Waals surface area (Å²) >= 11 is 1.81. The van der Waals surface area contributed by atoms with Crippen LogP contribution in [0.2, 0.25) is 0 Å². The van der Waals surface area contributed by atoms with Gasteiger partial charge in [-0.05, 0) is 75.6 Å². The van der Waals surface area contributed by atoms with Gasteiger partial charge in [0, 0.05) is 53.0 Å². The third-order valence-corrected chi connectivity index (χ3v) is 12.9. The van der Waals surface area contributed by atoms with Crippen molar-refractivity contribution in [1.29, 1.82) is 0 Å². The Balaban J connectivity index is 1.06. The molecule has 0 atom stereocenters. The number of aromatic nitrogens is 2. The maximum Gasteiger partial charge on any atom is 0.180 e. The van der Waals surface area contributed by atoms with Gasteiger partial charge in [0.05, 0.1) is 17.1 Å². The first-order valence-corrected chi connectivity index (χ1v) is 20.1. The molecular weight excluding hydrogens is 715 g/mol. The van der Waals surface area contributed by atoms with Crippen LogP contribution in [0, 0.1) is 0 Å². The van der Waals surface area contributed by atoms with E-state index in [1.165, 1.54) is 64.2 Å². The van der Waals surface area contributed by atoms with Gasteiger partial charge >= 0.3 is 0 Å². The maximum absolute atomic E-state index is 6.58. The third kappa shape index (κ3) is 4.37. The van der Waals surface area contributed by atoms with Crippen LogP contribution in [0.25, 0.3) is 108 Å². The number of benzene rings is 9. The predicted molar refractivity (Wildman–Crippen MR) is 239 cm³/mol. The van der Waals surface area contributed by atoms with E-state index in [0.717, 1.165) is 49.8 Å². The summed E-state index contributed by atoms with van der Waals surface area (Å²) in [5.74, 6) is 0.667. The number of anilines is 3. The van der Waals surface area contributed by atoms with Crippen molar-refractivity contribution in [3.8, 4) is 33.8 Å². The van der Waals surface area contributed by atoms with Crippen LogP contribution in [0.5, 0.6) is 0 Å². The van der Waals surface area contributed by atoms with Crippen LogP contribution in [-0.4, -0.2) is 9.97 Å². The summed E-state index contributed by atoms with van der Waals surface area (Å²) < 4.78 is 9.07. The lowest BCUT2D eigenvalue weighted by Gasteiger charge is -2.35. The average molecular weight is 744 g/mol. The Hall–Kier alpha value is -7.34. The van der Waals surface area contributed by atoms with Gasteiger partial charge in [0.25, 0.3) is 0 Å². The van der Waals surface area contributed by atoms with E-state index in [2.05, 4.69) is 163 Å². The van der Waals surface area contributed by atoms with Crippen molar-refractivity contribution in [3.63, 3.8) is 0 Å². The van der Waals surface area contributed by atoms with Crippen molar-refractivity contribution >= 4 is 103 Å². The summed E-state index contributed by atoms with van der Waals surface area (Å²) in [5, 5.41) is 10.7. The topological polar surface area (TPSA) is 42.2 Å². The van der Waals surface area contributed by atoms with Crippen molar-refractivity contribution < 1.29 is 4.42 Å². The second kappa shape index (κ2) is 11.6. The SMILES string of the molecule is c1ccc2c3c(ccc2c1)N(c1ccc(-c2nc(-c4ccc5c(c4)sc4ccccc45)c4oc5ccccc5c4n2)c2ccccc12)c1cccc2cccc-3c12. The average Bonchev–Trinajstić information content (AvgIpc) is 3.84. The number of hydrogen-bond acceptors (Lipinski definition) is 5. The van der Waals surface area contributed by atoms with Gasteiger partial charge in [0.2, 0.25) is 0 Å². The van der Waals surface area contributed by atoms with E-state index in [1.54, 1.807) is 0 Å². The molecule has 0 unspecified atom stereocenters. The quantitative estimate of drug-likeness (QED) is 0.181. The molecule has 0 amide bonds. The number of nitrogens with zero attached hydrogens (tertiary/aromatic N) is 3. The molecule has 4 nitrogen and oxygen atoms in total. The van der Waals surface area contributed by atoms with E-state index in [-0.39, 0.29) is 0 Å². The molecule has 0 spiro atoms. The number of rotatable bonds is 3.